The Hall–Kier alpha value is -3.61. The number of hydrogen-bond acceptors (Lipinski definition) is 5. The lowest BCUT2D eigenvalue weighted by Gasteiger charge is -2.15. The second-order valence-electron chi connectivity index (χ2n) is 6.76. The minimum atomic E-state index is -0.234. The number of carbonyl (C=O) groups is 2. The van der Waals surface area contributed by atoms with Gasteiger partial charge in [-0.1, -0.05) is 18.2 Å². The molecule has 0 bridgehead atoms. The third kappa shape index (κ3) is 2.72. The van der Waals surface area contributed by atoms with E-state index in [-0.39, 0.29) is 18.6 Å². The molecule has 0 unspecified atom stereocenters. The van der Waals surface area contributed by atoms with E-state index in [0.717, 1.165) is 22.8 Å². The summed E-state index contributed by atoms with van der Waals surface area (Å²) in [5, 5.41) is 0. The van der Waals surface area contributed by atoms with Gasteiger partial charge in [0.15, 0.2) is 11.5 Å². The highest BCUT2D eigenvalue weighted by atomic mass is 16.7. The fourth-order valence-electron chi connectivity index (χ4n) is 3.60. The van der Waals surface area contributed by atoms with Gasteiger partial charge in [-0.15, -0.1) is 0 Å². The SMILES string of the molecule is O=C1c2ccccc2C(=O)N1CCc1cncn1Cc1ccc2c(c1)OCO2. The highest BCUT2D eigenvalue weighted by Gasteiger charge is 2.34. The molecule has 3 heterocycles. The van der Waals surface area contributed by atoms with E-state index in [2.05, 4.69) is 4.98 Å². The number of aromatic nitrogens is 2. The zero-order valence-corrected chi connectivity index (χ0v) is 15.0. The molecule has 2 aromatic carbocycles. The first kappa shape index (κ1) is 16.6. The predicted molar refractivity (Wildman–Crippen MR) is 99.4 cm³/mol. The number of carbonyl (C=O) groups excluding carboxylic acids is 2. The van der Waals surface area contributed by atoms with Gasteiger partial charge in [0.25, 0.3) is 11.8 Å². The lowest BCUT2D eigenvalue weighted by molar-refractivity contribution is 0.0655. The quantitative estimate of drug-likeness (QED) is 0.641. The lowest BCUT2D eigenvalue weighted by Crippen LogP contribution is -2.32. The summed E-state index contributed by atoms with van der Waals surface area (Å²) in [4.78, 5) is 30.6. The Morgan fingerprint density at radius 2 is 1.71 bits per heavy atom. The molecule has 3 aromatic rings. The molecule has 0 atom stereocenters. The van der Waals surface area contributed by atoms with E-state index in [1.807, 2.05) is 22.8 Å². The van der Waals surface area contributed by atoms with Crippen molar-refractivity contribution in [3.63, 3.8) is 0 Å². The van der Waals surface area contributed by atoms with E-state index in [0.29, 0.717) is 30.6 Å². The van der Waals surface area contributed by atoms with Crippen molar-refractivity contribution in [1.29, 1.82) is 0 Å². The monoisotopic (exact) mass is 375 g/mol. The summed E-state index contributed by atoms with van der Waals surface area (Å²) in [6.07, 6.45) is 4.06. The van der Waals surface area contributed by atoms with Gasteiger partial charge in [-0.25, -0.2) is 4.98 Å². The van der Waals surface area contributed by atoms with Gasteiger partial charge in [-0.05, 0) is 29.8 Å². The third-order valence-corrected chi connectivity index (χ3v) is 5.06. The molecule has 0 spiro atoms. The highest BCUT2D eigenvalue weighted by molar-refractivity contribution is 6.21. The van der Waals surface area contributed by atoms with Crippen molar-refractivity contribution in [3.05, 3.63) is 77.4 Å². The van der Waals surface area contributed by atoms with Gasteiger partial charge < -0.3 is 14.0 Å². The molecule has 0 fully saturated rings. The Morgan fingerprint density at radius 1 is 0.964 bits per heavy atom. The lowest BCUT2D eigenvalue weighted by atomic mass is 10.1. The molecule has 7 heteroatoms. The Kier molecular flexibility index (Phi) is 3.86. The summed E-state index contributed by atoms with van der Waals surface area (Å²) in [6, 6.07) is 12.8. The average Bonchev–Trinajstić information content (AvgIpc) is 3.41. The summed E-state index contributed by atoms with van der Waals surface area (Å²) in [5.74, 6) is 1.02. The van der Waals surface area contributed by atoms with Crippen molar-refractivity contribution >= 4 is 11.8 Å². The molecule has 0 N–H and O–H groups in total. The maximum atomic E-state index is 12.5. The highest BCUT2D eigenvalue weighted by Crippen LogP contribution is 2.32. The van der Waals surface area contributed by atoms with Crippen LogP contribution in [-0.2, 0) is 13.0 Å². The van der Waals surface area contributed by atoms with Crippen molar-refractivity contribution in [2.75, 3.05) is 13.3 Å². The maximum Gasteiger partial charge on any atom is 0.261 e. The second kappa shape index (κ2) is 6.53. The van der Waals surface area contributed by atoms with Crippen LogP contribution in [0.3, 0.4) is 0 Å². The number of imide groups is 1. The first-order valence-corrected chi connectivity index (χ1v) is 9.03. The maximum absolute atomic E-state index is 12.5. The number of rotatable bonds is 5. The summed E-state index contributed by atoms with van der Waals surface area (Å²) in [7, 11) is 0. The molecule has 0 saturated carbocycles. The van der Waals surface area contributed by atoms with Crippen LogP contribution < -0.4 is 9.47 Å². The topological polar surface area (TPSA) is 73.7 Å². The fraction of sp³-hybridized carbons (Fsp3) is 0.190. The van der Waals surface area contributed by atoms with E-state index < -0.39 is 0 Å². The van der Waals surface area contributed by atoms with Crippen LogP contribution >= 0.6 is 0 Å². The molecule has 140 valence electrons. The second-order valence-corrected chi connectivity index (χ2v) is 6.76. The molecule has 0 aliphatic carbocycles. The predicted octanol–water partition coefficient (Wildman–Crippen LogP) is 2.50. The van der Waals surface area contributed by atoms with E-state index in [1.165, 1.54) is 4.90 Å². The first-order valence-electron chi connectivity index (χ1n) is 9.03. The normalized spacial score (nSPS) is 14.6. The molecule has 0 saturated heterocycles. The Balaban J connectivity index is 1.30. The largest absolute Gasteiger partial charge is 0.454 e. The molecule has 0 radical (unpaired) electrons. The van der Waals surface area contributed by atoms with Crippen LogP contribution in [0.25, 0.3) is 0 Å². The van der Waals surface area contributed by atoms with E-state index in [9.17, 15) is 9.59 Å². The van der Waals surface area contributed by atoms with Crippen LogP contribution in [0.15, 0.2) is 55.0 Å². The minimum Gasteiger partial charge on any atom is -0.454 e. The van der Waals surface area contributed by atoms with Gasteiger partial charge in [0.2, 0.25) is 6.79 Å². The summed E-state index contributed by atoms with van der Waals surface area (Å²) in [5.41, 5.74) is 2.96. The van der Waals surface area contributed by atoms with Gasteiger partial charge in [-0.2, -0.15) is 0 Å². The number of fused-ring (bicyclic) bond motifs is 2. The van der Waals surface area contributed by atoms with Gasteiger partial charge in [0, 0.05) is 31.4 Å². The smallest absolute Gasteiger partial charge is 0.261 e. The van der Waals surface area contributed by atoms with Crippen molar-refractivity contribution in [2.24, 2.45) is 0 Å². The molecular formula is C21H17N3O4. The fourth-order valence-corrected chi connectivity index (χ4v) is 3.60. The molecule has 1 aromatic heterocycles. The Morgan fingerprint density at radius 3 is 2.50 bits per heavy atom. The van der Waals surface area contributed by atoms with Crippen molar-refractivity contribution < 1.29 is 19.1 Å². The number of nitrogens with zero attached hydrogens (tertiary/aromatic N) is 3. The number of ether oxygens (including phenoxy) is 2. The van der Waals surface area contributed by atoms with Gasteiger partial charge >= 0.3 is 0 Å². The van der Waals surface area contributed by atoms with Crippen LogP contribution in [0, 0.1) is 0 Å². The van der Waals surface area contributed by atoms with Crippen LogP contribution in [-0.4, -0.2) is 39.6 Å². The third-order valence-electron chi connectivity index (χ3n) is 5.06. The van der Waals surface area contributed by atoms with Crippen molar-refractivity contribution in [1.82, 2.24) is 14.5 Å². The first-order chi connectivity index (χ1) is 13.7. The number of benzene rings is 2. The zero-order valence-electron chi connectivity index (χ0n) is 15.0. The summed E-state index contributed by atoms with van der Waals surface area (Å²) in [6.45, 7) is 1.18. The van der Waals surface area contributed by atoms with Crippen molar-refractivity contribution in [2.45, 2.75) is 13.0 Å². The van der Waals surface area contributed by atoms with Crippen molar-refractivity contribution in [3.8, 4) is 11.5 Å². The van der Waals surface area contributed by atoms with E-state index in [1.54, 1.807) is 36.8 Å². The number of imidazole rings is 1. The van der Waals surface area contributed by atoms with E-state index >= 15 is 0 Å². The molecule has 7 nitrogen and oxygen atoms in total. The molecule has 2 aliphatic rings. The minimum absolute atomic E-state index is 0.234. The Labute approximate surface area is 161 Å². The molecule has 5 rings (SSSR count). The van der Waals surface area contributed by atoms with Crippen LogP contribution in [0.4, 0.5) is 0 Å². The van der Waals surface area contributed by atoms with Crippen LogP contribution in [0.1, 0.15) is 32.0 Å². The average molecular weight is 375 g/mol. The number of amides is 2. The Bertz CT molecular complexity index is 1050. The van der Waals surface area contributed by atoms with Crippen LogP contribution in [0.2, 0.25) is 0 Å². The summed E-state index contributed by atoms with van der Waals surface area (Å²) < 4.78 is 12.8. The van der Waals surface area contributed by atoms with Gasteiger partial charge in [0.1, 0.15) is 0 Å². The standard InChI is InChI=1S/C21H17N3O4/c25-20-16-3-1-2-4-17(16)21(26)24(20)8-7-15-10-22-12-23(15)11-14-5-6-18-19(9-14)28-13-27-18/h1-6,9-10,12H,7-8,11,13H2. The van der Waals surface area contributed by atoms with Crippen LogP contribution in [0.5, 0.6) is 11.5 Å². The molecule has 2 aliphatic heterocycles. The molecule has 2 amide bonds. The molecular weight excluding hydrogens is 358 g/mol. The van der Waals surface area contributed by atoms with Gasteiger partial charge in [-0.3, -0.25) is 14.5 Å². The van der Waals surface area contributed by atoms with Gasteiger partial charge in [0.05, 0.1) is 17.5 Å². The number of hydrogen-bond donors (Lipinski definition) is 0. The zero-order chi connectivity index (χ0) is 19.1. The van der Waals surface area contributed by atoms with E-state index in [4.69, 9.17) is 9.47 Å². The molecule has 28 heavy (non-hydrogen) atoms. The summed E-state index contributed by atoms with van der Waals surface area (Å²) >= 11 is 0.